The van der Waals surface area contributed by atoms with Gasteiger partial charge in [-0.25, -0.2) is 13.6 Å². The third-order valence-electron chi connectivity index (χ3n) is 3.70. The Balaban J connectivity index is 1.91. The number of alkyl halides is 3. The highest BCUT2D eigenvalue weighted by Crippen LogP contribution is 2.37. The Bertz CT molecular complexity index is 812. The zero-order valence-electron chi connectivity index (χ0n) is 11.7. The first-order chi connectivity index (χ1) is 10.7. The van der Waals surface area contributed by atoms with E-state index < -0.39 is 26.7 Å². The smallest absolute Gasteiger partial charge is 0.366 e. The predicted molar refractivity (Wildman–Crippen MR) is 76.3 cm³/mol. The number of primary sulfonamides is 1. The van der Waals surface area contributed by atoms with Gasteiger partial charge in [-0.15, -0.1) is 0 Å². The number of halogens is 3. The molecule has 1 fully saturated rings. The van der Waals surface area contributed by atoms with Crippen LogP contribution in [-0.2, 0) is 16.2 Å². The molecule has 0 aliphatic carbocycles. The molecule has 0 atom stereocenters. The summed E-state index contributed by atoms with van der Waals surface area (Å²) in [5.74, 6) is 0. The Morgan fingerprint density at radius 3 is 2.48 bits per heavy atom. The van der Waals surface area contributed by atoms with E-state index in [4.69, 9.17) is 5.14 Å². The third kappa shape index (κ3) is 3.04. The van der Waals surface area contributed by atoms with Crippen molar-refractivity contribution < 1.29 is 21.6 Å². The standard InChI is InChI=1S/C13H13F3N4O2S/c14-13(15,16)9-2-3-11(12(6-9)23(17,21)22)19-7-10(8-19)20-5-1-4-18-20/h1-6,10H,7-8H2,(H2,17,21,22). The zero-order chi connectivity index (χ0) is 16.8. The predicted octanol–water partition coefficient (Wildman–Crippen LogP) is 1.61. The van der Waals surface area contributed by atoms with Gasteiger partial charge < -0.3 is 4.90 Å². The van der Waals surface area contributed by atoms with Crippen molar-refractivity contribution in [3.63, 3.8) is 0 Å². The van der Waals surface area contributed by atoms with Gasteiger partial charge >= 0.3 is 6.18 Å². The quantitative estimate of drug-likeness (QED) is 0.915. The number of anilines is 1. The van der Waals surface area contributed by atoms with E-state index in [0.717, 1.165) is 12.1 Å². The molecule has 1 aromatic heterocycles. The Labute approximate surface area is 130 Å². The van der Waals surface area contributed by atoms with Gasteiger partial charge in [-0.1, -0.05) is 0 Å². The number of hydrogen-bond donors (Lipinski definition) is 1. The molecule has 23 heavy (non-hydrogen) atoms. The minimum absolute atomic E-state index is 0.0422. The Kier molecular flexibility index (Phi) is 3.60. The van der Waals surface area contributed by atoms with Crippen molar-refractivity contribution >= 4 is 15.7 Å². The van der Waals surface area contributed by atoms with E-state index in [1.807, 2.05) is 0 Å². The first-order valence-electron chi connectivity index (χ1n) is 6.64. The van der Waals surface area contributed by atoms with Crippen LogP contribution in [0, 0.1) is 0 Å². The maximum Gasteiger partial charge on any atom is 0.416 e. The lowest BCUT2D eigenvalue weighted by atomic mass is 10.1. The van der Waals surface area contributed by atoms with Crippen LogP contribution in [0.5, 0.6) is 0 Å². The van der Waals surface area contributed by atoms with Crippen molar-refractivity contribution in [2.45, 2.75) is 17.1 Å². The van der Waals surface area contributed by atoms with E-state index in [1.165, 1.54) is 0 Å². The molecule has 0 bridgehead atoms. The van der Waals surface area contributed by atoms with Crippen LogP contribution in [0.3, 0.4) is 0 Å². The second kappa shape index (κ2) is 5.24. The normalized spacial score (nSPS) is 16.4. The molecule has 124 valence electrons. The molecule has 1 saturated heterocycles. The molecular formula is C13H13F3N4O2S. The number of nitrogens with zero attached hydrogens (tertiary/aromatic N) is 3. The Hall–Kier alpha value is -2.07. The second-order valence-corrected chi connectivity index (χ2v) is 6.80. The topological polar surface area (TPSA) is 81.2 Å². The molecule has 0 saturated carbocycles. The number of rotatable bonds is 3. The first kappa shape index (κ1) is 15.8. The average Bonchev–Trinajstić information content (AvgIpc) is 2.88. The maximum atomic E-state index is 12.8. The molecule has 1 aromatic carbocycles. The highest BCUT2D eigenvalue weighted by Gasteiger charge is 2.35. The van der Waals surface area contributed by atoms with Gasteiger partial charge in [0.25, 0.3) is 0 Å². The van der Waals surface area contributed by atoms with Crippen molar-refractivity contribution in [2.24, 2.45) is 5.14 Å². The van der Waals surface area contributed by atoms with E-state index >= 15 is 0 Å². The number of aromatic nitrogens is 2. The summed E-state index contributed by atoms with van der Waals surface area (Å²) in [6, 6.07) is 4.37. The lowest BCUT2D eigenvalue weighted by molar-refractivity contribution is -0.137. The van der Waals surface area contributed by atoms with Crippen LogP contribution in [0.4, 0.5) is 18.9 Å². The van der Waals surface area contributed by atoms with Crippen LogP contribution in [0.15, 0.2) is 41.6 Å². The van der Waals surface area contributed by atoms with Gasteiger partial charge in [0.15, 0.2) is 0 Å². The summed E-state index contributed by atoms with van der Waals surface area (Å²) in [6.45, 7) is 0.880. The molecule has 6 nitrogen and oxygen atoms in total. The van der Waals surface area contributed by atoms with Gasteiger partial charge in [0, 0.05) is 25.5 Å². The van der Waals surface area contributed by atoms with E-state index in [9.17, 15) is 21.6 Å². The number of hydrogen-bond acceptors (Lipinski definition) is 4. The van der Waals surface area contributed by atoms with Crippen LogP contribution < -0.4 is 10.0 Å². The molecule has 0 radical (unpaired) electrons. The van der Waals surface area contributed by atoms with E-state index in [2.05, 4.69) is 5.10 Å². The lowest BCUT2D eigenvalue weighted by Gasteiger charge is -2.41. The fraction of sp³-hybridized carbons (Fsp3) is 0.308. The summed E-state index contributed by atoms with van der Waals surface area (Å²) < 4.78 is 63.3. The van der Waals surface area contributed by atoms with Gasteiger partial charge in [0.1, 0.15) is 4.90 Å². The number of sulfonamides is 1. The Morgan fingerprint density at radius 1 is 1.26 bits per heavy atom. The minimum Gasteiger partial charge on any atom is -0.366 e. The molecule has 0 unspecified atom stereocenters. The van der Waals surface area contributed by atoms with Crippen molar-refractivity contribution in [3.8, 4) is 0 Å². The summed E-state index contributed by atoms with van der Waals surface area (Å²) in [5, 5.41) is 9.16. The molecule has 1 aliphatic rings. The number of nitrogens with two attached hydrogens (primary N) is 1. The van der Waals surface area contributed by atoms with Crippen LogP contribution in [-0.4, -0.2) is 31.3 Å². The van der Waals surface area contributed by atoms with Crippen LogP contribution in [0.2, 0.25) is 0 Å². The monoisotopic (exact) mass is 346 g/mol. The third-order valence-corrected chi connectivity index (χ3v) is 4.64. The number of benzene rings is 1. The summed E-state index contributed by atoms with van der Waals surface area (Å²) in [7, 11) is -4.27. The van der Waals surface area contributed by atoms with Gasteiger partial charge in [-0.2, -0.15) is 18.3 Å². The molecule has 0 spiro atoms. The van der Waals surface area contributed by atoms with Crippen molar-refractivity contribution in [2.75, 3.05) is 18.0 Å². The average molecular weight is 346 g/mol. The SMILES string of the molecule is NS(=O)(=O)c1cc(C(F)(F)F)ccc1N1CC(n2cccn2)C1. The van der Waals surface area contributed by atoms with Crippen molar-refractivity contribution in [1.29, 1.82) is 0 Å². The maximum absolute atomic E-state index is 12.8. The Morgan fingerprint density at radius 2 is 1.96 bits per heavy atom. The highest BCUT2D eigenvalue weighted by atomic mass is 32.2. The molecule has 3 rings (SSSR count). The molecule has 2 aromatic rings. The molecular weight excluding hydrogens is 333 g/mol. The summed E-state index contributed by atoms with van der Waals surface area (Å²) in [5.41, 5.74) is -0.877. The largest absolute Gasteiger partial charge is 0.416 e. The fourth-order valence-electron chi connectivity index (χ4n) is 2.50. The highest BCUT2D eigenvalue weighted by molar-refractivity contribution is 7.89. The van der Waals surface area contributed by atoms with Gasteiger partial charge in [-0.3, -0.25) is 4.68 Å². The molecule has 1 aliphatic heterocycles. The lowest BCUT2D eigenvalue weighted by Crippen LogP contribution is -2.48. The van der Waals surface area contributed by atoms with Crippen LogP contribution >= 0.6 is 0 Å². The summed E-state index contributed by atoms with van der Waals surface area (Å²) in [4.78, 5) is 1.14. The molecule has 2 heterocycles. The molecule has 0 amide bonds. The minimum atomic E-state index is -4.63. The van der Waals surface area contributed by atoms with E-state index in [1.54, 1.807) is 28.0 Å². The zero-order valence-corrected chi connectivity index (χ0v) is 12.5. The second-order valence-electron chi connectivity index (χ2n) is 5.27. The van der Waals surface area contributed by atoms with E-state index in [0.29, 0.717) is 19.2 Å². The van der Waals surface area contributed by atoms with Crippen LogP contribution in [0.1, 0.15) is 11.6 Å². The van der Waals surface area contributed by atoms with Crippen molar-refractivity contribution in [1.82, 2.24) is 9.78 Å². The first-order valence-corrected chi connectivity index (χ1v) is 8.19. The van der Waals surface area contributed by atoms with E-state index in [-0.39, 0.29) is 11.7 Å². The molecule has 2 N–H and O–H groups in total. The molecule has 10 heteroatoms. The fourth-order valence-corrected chi connectivity index (χ4v) is 3.28. The van der Waals surface area contributed by atoms with Gasteiger partial charge in [-0.05, 0) is 24.3 Å². The van der Waals surface area contributed by atoms with Crippen LogP contribution in [0.25, 0.3) is 0 Å². The summed E-state index contributed by atoms with van der Waals surface area (Å²) >= 11 is 0. The van der Waals surface area contributed by atoms with Crippen molar-refractivity contribution in [3.05, 3.63) is 42.2 Å². The van der Waals surface area contributed by atoms with Gasteiger partial charge in [0.05, 0.1) is 17.3 Å². The summed E-state index contributed by atoms with van der Waals surface area (Å²) in [6.07, 6.45) is -1.24. The van der Waals surface area contributed by atoms with Gasteiger partial charge in [0.2, 0.25) is 10.0 Å².